The van der Waals surface area contributed by atoms with E-state index in [0.29, 0.717) is 12.8 Å². The van der Waals surface area contributed by atoms with Crippen molar-refractivity contribution in [2.45, 2.75) is 59.5 Å². The second kappa shape index (κ2) is 8.95. The van der Waals surface area contributed by atoms with E-state index in [1.165, 1.54) is 0 Å². The normalized spacial score (nSPS) is 15.6. The molecule has 0 aliphatic heterocycles. The van der Waals surface area contributed by atoms with Crippen LogP contribution in [0, 0.1) is 11.8 Å². The van der Waals surface area contributed by atoms with Crippen molar-refractivity contribution in [2.75, 3.05) is 13.2 Å². The summed E-state index contributed by atoms with van der Waals surface area (Å²) in [5.41, 5.74) is -1.42. The summed E-state index contributed by atoms with van der Waals surface area (Å²) in [5, 5.41) is 10.8. The highest BCUT2D eigenvalue weighted by molar-refractivity contribution is 5.96. The second-order valence-corrected chi connectivity index (χ2v) is 5.11. The minimum atomic E-state index is -1.42. The number of ether oxygens (including phenoxy) is 2. The molecule has 5 heteroatoms. The molecular formula is C15H28O5. The Kier molecular flexibility index (Phi) is 8.46. The van der Waals surface area contributed by atoms with E-state index in [1.807, 2.05) is 13.8 Å². The number of rotatable bonds is 9. The predicted molar refractivity (Wildman–Crippen MR) is 76.1 cm³/mol. The minimum Gasteiger partial charge on any atom is -0.465 e. The molecule has 0 heterocycles. The molecule has 0 aliphatic carbocycles. The lowest BCUT2D eigenvalue weighted by atomic mass is 9.78. The van der Waals surface area contributed by atoms with Crippen LogP contribution in [0.1, 0.15) is 53.9 Å². The average Bonchev–Trinajstić information content (AvgIpc) is 2.39. The fraction of sp³-hybridized carbons (Fsp3) is 0.867. The first kappa shape index (κ1) is 18.9. The molecule has 118 valence electrons. The first-order valence-electron chi connectivity index (χ1n) is 7.41. The minimum absolute atomic E-state index is 0.165. The van der Waals surface area contributed by atoms with Crippen molar-refractivity contribution in [1.82, 2.24) is 0 Å². The van der Waals surface area contributed by atoms with Crippen LogP contribution in [-0.2, 0) is 19.1 Å². The summed E-state index contributed by atoms with van der Waals surface area (Å²) in [5.74, 6) is -2.50. The van der Waals surface area contributed by atoms with Crippen molar-refractivity contribution in [3.05, 3.63) is 0 Å². The van der Waals surface area contributed by atoms with Crippen LogP contribution < -0.4 is 0 Å². The Balaban J connectivity index is 5.31. The number of carbonyl (C=O) groups is 2. The van der Waals surface area contributed by atoms with Crippen molar-refractivity contribution in [3.63, 3.8) is 0 Å². The Labute approximate surface area is 121 Å². The lowest BCUT2D eigenvalue weighted by molar-refractivity contribution is -0.176. The van der Waals surface area contributed by atoms with Gasteiger partial charge in [0.05, 0.1) is 18.8 Å². The molecule has 5 nitrogen and oxygen atoms in total. The molecule has 0 saturated carbocycles. The van der Waals surface area contributed by atoms with Crippen molar-refractivity contribution in [1.29, 1.82) is 0 Å². The molecule has 1 N–H and O–H groups in total. The fourth-order valence-corrected chi connectivity index (χ4v) is 2.20. The van der Waals surface area contributed by atoms with E-state index >= 15 is 0 Å². The number of hydrogen-bond acceptors (Lipinski definition) is 5. The fourth-order valence-electron chi connectivity index (χ4n) is 2.20. The number of hydrogen-bond donors (Lipinski definition) is 1. The predicted octanol–water partition coefficient (Wildman–Crippen LogP) is 2.31. The highest BCUT2D eigenvalue weighted by Crippen LogP contribution is 2.32. The van der Waals surface area contributed by atoms with E-state index in [0.717, 1.165) is 6.42 Å². The van der Waals surface area contributed by atoms with Gasteiger partial charge in [-0.05, 0) is 32.6 Å². The Morgan fingerprint density at radius 2 is 1.50 bits per heavy atom. The van der Waals surface area contributed by atoms with Gasteiger partial charge in [0.15, 0.2) is 5.92 Å². The topological polar surface area (TPSA) is 72.8 Å². The van der Waals surface area contributed by atoms with Gasteiger partial charge < -0.3 is 14.6 Å². The maximum atomic E-state index is 12.1. The van der Waals surface area contributed by atoms with Crippen LogP contribution >= 0.6 is 0 Å². The SMILES string of the molecule is CCOC(=O)C(C(=O)OCC)C(O)(CC)CC(C)CC. The molecule has 0 bridgehead atoms. The molecule has 20 heavy (non-hydrogen) atoms. The average molecular weight is 288 g/mol. The molecule has 2 unspecified atom stereocenters. The van der Waals surface area contributed by atoms with Crippen molar-refractivity contribution < 1.29 is 24.2 Å². The number of esters is 2. The van der Waals surface area contributed by atoms with Crippen molar-refractivity contribution in [2.24, 2.45) is 11.8 Å². The Hall–Kier alpha value is -1.10. The van der Waals surface area contributed by atoms with E-state index in [1.54, 1.807) is 20.8 Å². The van der Waals surface area contributed by atoms with Gasteiger partial charge >= 0.3 is 11.9 Å². The maximum absolute atomic E-state index is 12.1. The van der Waals surface area contributed by atoms with Crippen LogP contribution in [0.4, 0.5) is 0 Å². The van der Waals surface area contributed by atoms with Gasteiger partial charge in [0.2, 0.25) is 0 Å². The molecule has 0 aromatic heterocycles. The molecule has 0 fully saturated rings. The van der Waals surface area contributed by atoms with Gasteiger partial charge in [-0.2, -0.15) is 0 Å². The van der Waals surface area contributed by atoms with Gasteiger partial charge in [-0.1, -0.05) is 27.2 Å². The molecule has 0 rings (SSSR count). The molecule has 0 saturated heterocycles. The highest BCUT2D eigenvalue weighted by atomic mass is 16.6. The van der Waals surface area contributed by atoms with E-state index in [9.17, 15) is 14.7 Å². The number of aliphatic hydroxyl groups is 1. The molecule has 0 spiro atoms. The standard InChI is InChI=1S/C15H28O5/c1-6-11(5)10-15(18,7-2)12(13(16)19-8-3)14(17)20-9-4/h11-12,18H,6-10H2,1-5H3. The van der Waals surface area contributed by atoms with E-state index in [2.05, 4.69) is 0 Å². The van der Waals surface area contributed by atoms with Gasteiger partial charge in [0.25, 0.3) is 0 Å². The molecule has 0 aliphatic rings. The Morgan fingerprint density at radius 3 is 1.80 bits per heavy atom. The van der Waals surface area contributed by atoms with Crippen LogP contribution in [0.25, 0.3) is 0 Å². The first-order valence-corrected chi connectivity index (χ1v) is 7.41. The molecule has 0 radical (unpaired) electrons. The van der Waals surface area contributed by atoms with Crippen LogP contribution in [0.5, 0.6) is 0 Å². The van der Waals surface area contributed by atoms with E-state index in [-0.39, 0.29) is 19.1 Å². The van der Waals surface area contributed by atoms with Crippen LogP contribution in [0.15, 0.2) is 0 Å². The summed E-state index contributed by atoms with van der Waals surface area (Å²) in [6, 6.07) is 0. The van der Waals surface area contributed by atoms with Gasteiger partial charge in [0, 0.05) is 0 Å². The summed E-state index contributed by atoms with van der Waals surface area (Å²) in [4.78, 5) is 24.1. The van der Waals surface area contributed by atoms with E-state index < -0.39 is 23.5 Å². The smallest absolute Gasteiger partial charge is 0.323 e. The van der Waals surface area contributed by atoms with Gasteiger partial charge in [-0.15, -0.1) is 0 Å². The zero-order valence-corrected chi connectivity index (χ0v) is 13.3. The Bertz CT molecular complexity index is 297. The highest BCUT2D eigenvalue weighted by Gasteiger charge is 2.47. The zero-order chi connectivity index (χ0) is 15.8. The van der Waals surface area contributed by atoms with Crippen LogP contribution in [0.2, 0.25) is 0 Å². The molecule has 0 aromatic carbocycles. The van der Waals surface area contributed by atoms with Gasteiger partial charge in [-0.25, -0.2) is 0 Å². The quantitative estimate of drug-likeness (QED) is 0.520. The lowest BCUT2D eigenvalue weighted by Gasteiger charge is -2.34. The summed E-state index contributed by atoms with van der Waals surface area (Å²) >= 11 is 0. The first-order chi connectivity index (χ1) is 9.36. The largest absolute Gasteiger partial charge is 0.465 e. The monoisotopic (exact) mass is 288 g/mol. The third kappa shape index (κ3) is 5.12. The molecule has 0 aromatic rings. The van der Waals surface area contributed by atoms with E-state index in [4.69, 9.17) is 9.47 Å². The van der Waals surface area contributed by atoms with Crippen molar-refractivity contribution in [3.8, 4) is 0 Å². The number of carbonyl (C=O) groups excluding carboxylic acids is 2. The molecular weight excluding hydrogens is 260 g/mol. The van der Waals surface area contributed by atoms with Crippen LogP contribution in [0.3, 0.4) is 0 Å². The van der Waals surface area contributed by atoms with Gasteiger partial charge in [-0.3, -0.25) is 9.59 Å². The second-order valence-electron chi connectivity index (χ2n) is 5.11. The third-order valence-corrected chi connectivity index (χ3v) is 3.59. The zero-order valence-electron chi connectivity index (χ0n) is 13.3. The van der Waals surface area contributed by atoms with Crippen LogP contribution in [-0.4, -0.2) is 35.9 Å². The summed E-state index contributed by atoms with van der Waals surface area (Å²) < 4.78 is 9.87. The summed E-state index contributed by atoms with van der Waals surface area (Å²) in [7, 11) is 0. The maximum Gasteiger partial charge on any atom is 0.323 e. The lowest BCUT2D eigenvalue weighted by Crippen LogP contribution is -2.49. The molecule has 0 amide bonds. The summed E-state index contributed by atoms with van der Waals surface area (Å²) in [6.45, 7) is 9.40. The summed E-state index contributed by atoms with van der Waals surface area (Å²) in [6.07, 6.45) is 1.52. The Morgan fingerprint density at radius 1 is 1.05 bits per heavy atom. The third-order valence-electron chi connectivity index (χ3n) is 3.59. The van der Waals surface area contributed by atoms with Gasteiger partial charge in [0.1, 0.15) is 0 Å². The van der Waals surface area contributed by atoms with Crippen molar-refractivity contribution >= 4 is 11.9 Å². The molecule has 2 atom stereocenters.